The number of hydrogen-bond donors (Lipinski definition) is 3. The summed E-state index contributed by atoms with van der Waals surface area (Å²) in [5.41, 5.74) is 10.7. The van der Waals surface area contributed by atoms with Crippen LogP contribution in [0.3, 0.4) is 0 Å². The normalized spacial score (nSPS) is 17.0. The van der Waals surface area contributed by atoms with Crippen LogP contribution in [-0.4, -0.2) is 108 Å². The molecule has 1 atom stereocenters. The lowest BCUT2D eigenvalue weighted by molar-refractivity contribution is 0.193. The SMILES string of the molecule is Cc1cccc(-c2[nH]c(CN3CCNCC3)nc2-c2ccn3nc(C4CCCN(Cc5nc(-c6ccn7ncnc7c6)c(-c6cccc(C)n6)[nH]5)C4)nc3c2)n1. The van der Waals surface area contributed by atoms with E-state index in [1.807, 2.05) is 79.3 Å². The number of rotatable bonds is 9. The van der Waals surface area contributed by atoms with Crippen LogP contribution < -0.4 is 5.32 Å². The van der Waals surface area contributed by atoms with E-state index in [-0.39, 0.29) is 5.92 Å². The zero-order chi connectivity index (χ0) is 37.6. The van der Waals surface area contributed by atoms with E-state index in [0.717, 1.165) is 144 Å². The highest BCUT2D eigenvalue weighted by Gasteiger charge is 2.27. The lowest BCUT2D eigenvalue weighted by atomic mass is 9.97. The van der Waals surface area contributed by atoms with Crippen LogP contribution in [0, 0.1) is 13.8 Å². The van der Waals surface area contributed by atoms with Crippen molar-refractivity contribution >= 4 is 11.3 Å². The number of piperazine rings is 1. The second-order valence-electron chi connectivity index (χ2n) is 14.9. The minimum Gasteiger partial charge on any atom is -0.339 e. The molecule has 0 spiro atoms. The van der Waals surface area contributed by atoms with Gasteiger partial charge < -0.3 is 15.3 Å². The number of nitrogens with zero attached hydrogens (tertiary/aromatic N) is 12. The Morgan fingerprint density at radius 1 is 0.679 bits per heavy atom. The van der Waals surface area contributed by atoms with Crippen molar-refractivity contribution < 1.29 is 0 Å². The van der Waals surface area contributed by atoms with Crippen molar-refractivity contribution in [1.29, 1.82) is 0 Å². The topological polar surface area (TPSA) is 162 Å². The number of pyridine rings is 4. The van der Waals surface area contributed by atoms with Crippen molar-refractivity contribution in [2.24, 2.45) is 0 Å². The van der Waals surface area contributed by atoms with E-state index in [0.29, 0.717) is 6.54 Å². The largest absolute Gasteiger partial charge is 0.339 e. The van der Waals surface area contributed by atoms with Gasteiger partial charge in [-0.05, 0) is 81.8 Å². The van der Waals surface area contributed by atoms with Gasteiger partial charge in [0.1, 0.15) is 18.0 Å². The standard InChI is InChI=1S/C41H43N15/c1-26-6-3-9-31(45-26)39-37(28-11-16-55-35(20-28)43-25-44-55)48-34(50-39)24-54-15-5-8-30(22-54)41-51-36-21-29(12-17-56(36)52-41)38-40(32-10-4-7-27(2)46-32)49-33(47-38)23-53-18-13-42-14-19-53/h3-4,6-7,9-12,16-17,20-21,25,30,42H,5,8,13-15,18-19,22-24H2,1-2H3,(H,47,49)(H,48,50). The number of likely N-dealkylation sites (tertiary alicyclic amines) is 1. The van der Waals surface area contributed by atoms with Crippen molar-refractivity contribution in [1.82, 2.24) is 74.2 Å². The first kappa shape index (κ1) is 34.3. The Balaban J connectivity index is 0.914. The van der Waals surface area contributed by atoms with Crippen LogP contribution in [-0.2, 0) is 13.1 Å². The zero-order valence-electron chi connectivity index (χ0n) is 31.5. The smallest absolute Gasteiger partial charge is 0.156 e. The van der Waals surface area contributed by atoms with E-state index in [4.69, 9.17) is 30.0 Å². The number of H-pyrrole nitrogens is 2. The van der Waals surface area contributed by atoms with Gasteiger partial charge in [-0.25, -0.2) is 29.0 Å². The molecule has 0 aliphatic carbocycles. The molecule has 2 fully saturated rings. The maximum Gasteiger partial charge on any atom is 0.156 e. The maximum atomic E-state index is 5.16. The third-order valence-electron chi connectivity index (χ3n) is 10.8. The number of imidazole rings is 2. The first-order chi connectivity index (χ1) is 27.5. The molecule has 0 saturated carbocycles. The second-order valence-corrected chi connectivity index (χ2v) is 14.9. The Morgan fingerprint density at radius 2 is 1.32 bits per heavy atom. The van der Waals surface area contributed by atoms with Crippen LogP contribution in [0.15, 0.2) is 79.4 Å². The minimum atomic E-state index is 0.192. The van der Waals surface area contributed by atoms with E-state index in [2.05, 4.69) is 47.3 Å². The summed E-state index contributed by atoms with van der Waals surface area (Å²) in [5.74, 6) is 2.88. The summed E-state index contributed by atoms with van der Waals surface area (Å²) in [4.78, 5) is 41.7. The van der Waals surface area contributed by atoms with Crippen molar-refractivity contribution in [2.45, 2.75) is 45.7 Å². The Kier molecular flexibility index (Phi) is 8.88. The third-order valence-corrected chi connectivity index (χ3v) is 10.8. The Labute approximate surface area is 323 Å². The van der Waals surface area contributed by atoms with Gasteiger partial charge in [-0.3, -0.25) is 19.8 Å². The van der Waals surface area contributed by atoms with E-state index >= 15 is 0 Å². The van der Waals surface area contributed by atoms with Crippen LogP contribution in [0.4, 0.5) is 0 Å². The molecule has 282 valence electrons. The third kappa shape index (κ3) is 6.84. The Bertz CT molecular complexity index is 2660. The van der Waals surface area contributed by atoms with Gasteiger partial charge in [0.15, 0.2) is 17.1 Å². The second kappa shape index (κ2) is 14.5. The molecule has 56 heavy (non-hydrogen) atoms. The molecule has 0 amide bonds. The first-order valence-electron chi connectivity index (χ1n) is 19.4. The van der Waals surface area contributed by atoms with Gasteiger partial charge in [-0.2, -0.15) is 10.2 Å². The van der Waals surface area contributed by atoms with Gasteiger partial charge in [-0.15, -0.1) is 0 Å². The molecule has 0 aromatic carbocycles. The molecule has 2 saturated heterocycles. The van der Waals surface area contributed by atoms with Crippen LogP contribution >= 0.6 is 0 Å². The van der Waals surface area contributed by atoms with Gasteiger partial charge in [-0.1, -0.05) is 12.1 Å². The van der Waals surface area contributed by atoms with Gasteiger partial charge in [0.25, 0.3) is 0 Å². The summed E-state index contributed by atoms with van der Waals surface area (Å²) >= 11 is 0. The van der Waals surface area contributed by atoms with E-state index in [1.165, 1.54) is 0 Å². The monoisotopic (exact) mass is 745 g/mol. The van der Waals surface area contributed by atoms with Gasteiger partial charge in [0.2, 0.25) is 0 Å². The molecule has 10 heterocycles. The fourth-order valence-corrected chi connectivity index (χ4v) is 8.03. The molecule has 1 unspecified atom stereocenters. The van der Waals surface area contributed by atoms with Crippen molar-refractivity contribution in [2.75, 3.05) is 39.3 Å². The fraction of sp³-hybridized carbons (Fsp3) is 0.317. The molecule has 2 aliphatic rings. The first-order valence-corrected chi connectivity index (χ1v) is 19.4. The quantitative estimate of drug-likeness (QED) is 0.181. The summed E-state index contributed by atoms with van der Waals surface area (Å²) in [6.45, 7) is 11.2. The van der Waals surface area contributed by atoms with Crippen molar-refractivity contribution in [3.8, 4) is 45.3 Å². The summed E-state index contributed by atoms with van der Waals surface area (Å²) < 4.78 is 3.65. The van der Waals surface area contributed by atoms with Gasteiger partial charge >= 0.3 is 0 Å². The average molecular weight is 746 g/mol. The number of nitrogens with one attached hydrogen (secondary N) is 3. The summed E-state index contributed by atoms with van der Waals surface area (Å²) in [5, 5.41) is 12.7. The van der Waals surface area contributed by atoms with E-state index in [9.17, 15) is 0 Å². The van der Waals surface area contributed by atoms with Crippen molar-refractivity contribution in [3.63, 3.8) is 0 Å². The van der Waals surface area contributed by atoms with Crippen LogP contribution in [0.1, 0.15) is 47.6 Å². The Hall–Kier alpha value is -6.16. The summed E-state index contributed by atoms with van der Waals surface area (Å²) in [7, 11) is 0. The lowest BCUT2D eigenvalue weighted by Crippen LogP contribution is -2.43. The number of aryl methyl sites for hydroxylation is 2. The molecule has 15 heteroatoms. The van der Waals surface area contributed by atoms with Crippen LogP contribution in [0.5, 0.6) is 0 Å². The number of aromatic amines is 2. The number of hydrogen-bond acceptors (Lipinski definition) is 11. The van der Waals surface area contributed by atoms with Gasteiger partial charge in [0.05, 0.1) is 47.3 Å². The molecular formula is C41H43N15. The van der Waals surface area contributed by atoms with E-state index < -0.39 is 0 Å². The maximum absolute atomic E-state index is 5.16. The zero-order valence-corrected chi connectivity index (χ0v) is 31.5. The highest BCUT2D eigenvalue weighted by Crippen LogP contribution is 2.33. The predicted octanol–water partition coefficient (Wildman–Crippen LogP) is 5.08. The fourth-order valence-electron chi connectivity index (χ4n) is 8.03. The molecule has 2 aliphatic heterocycles. The number of aromatic nitrogens is 12. The Morgan fingerprint density at radius 3 is 2.00 bits per heavy atom. The van der Waals surface area contributed by atoms with Gasteiger partial charge in [0, 0.05) is 73.6 Å². The molecule has 10 rings (SSSR count). The van der Waals surface area contributed by atoms with Crippen LogP contribution in [0.25, 0.3) is 56.6 Å². The average Bonchev–Trinajstić information content (AvgIpc) is 4.04. The summed E-state index contributed by atoms with van der Waals surface area (Å²) in [6.07, 6.45) is 7.55. The van der Waals surface area contributed by atoms with Crippen LogP contribution in [0.2, 0.25) is 0 Å². The molecular weight excluding hydrogens is 703 g/mol. The number of fused-ring (bicyclic) bond motifs is 2. The predicted molar refractivity (Wildman–Crippen MR) is 212 cm³/mol. The molecule has 3 N–H and O–H groups in total. The molecule has 8 aromatic rings. The highest BCUT2D eigenvalue weighted by molar-refractivity contribution is 5.79. The minimum absolute atomic E-state index is 0.192. The molecule has 8 aromatic heterocycles. The molecule has 15 nitrogen and oxygen atoms in total. The summed E-state index contributed by atoms with van der Waals surface area (Å²) in [6, 6.07) is 20.4. The lowest BCUT2D eigenvalue weighted by Gasteiger charge is -2.30. The van der Waals surface area contributed by atoms with E-state index in [1.54, 1.807) is 10.8 Å². The molecule has 0 radical (unpaired) electrons. The highest BCUT2D eigenvalue weighted by atomic mass is 15.3. The number of piperidine rings is 1. The van der Waals surface area contributed by atoms with Crippen molar-refractivity contribution in [3.05, 3.63) is 108 Å². The molecule has 0 bridgehead atoms.